The molecule has 2 heterocycles. The number of carbonyl (C=O) groups is 1. The number of aromatic amines is 1. The summed E-state index contributed by atoms with van der Waals surface area (Å²) in [6, 6.07) is 8.51. The van der Waals surface area contributed by atoms with E-state index in [-0.39, 0.29) is 11.5 Å². The van der Waals surface area contributed by atoms with Crippen molar-refractivity contribution in [3.05, 3.63) is 51.9 Å². The summed E-state index contributed by atoms with van der Waals surface area (Å²) >= 11 is 0. The van der Waals surface area contributed by atoms with E-state index in [1.54, 1.807) is 18.2 Å². The molecule has 2 N–H and O–H groups in total. The Labute approximate surface area is 150 Å². The van der Waals surface area contributed by atoms with Crippen LogP contribution in [0.1, 0.15) is 60.5 Å². The van der Waals surface area contributed by atoms with Gasteiger partial charge in [0.1, 0.15) is 0 Å². The average molecular weight is 352 g/mol. The van der Waals surface area contributed by atoms with Crippen LogP contribution in [0.4, 0.5) is 5.69 Å². The number of fused-ring (bicyclic) bond motifs is 1. The molecule has 2 aliphatic carbocycles. The molecule has 26 heavy (non-hydrogen) atoms. The number of pyridine rings is 1. The Morgan fingerprint density at radius 3 is 2.62 bits per heavy atom. The van der Waals surface area contributed by atoms with Crippen molar-refractivity contribution in [3.8, 4) is 11.5 Å². The van der Waals surface area contributed by atoms with Crippen LogP contribution in [0.25, 0.3) is 0 Å². The van der Waals surface area contributed by atoms with E-state index < -0.39 is 5.79 Å². The van der Waals surface area contributed by atoms with Gasteiger partial charge in [0.2, 0.25) is 5.56 Å². The molecule has 6 nitrogen and oxygen atoms in total. The van der Waals surface area contributed by atoms with Gasteiger partial charge in [0.15, 0.2) is 11.5 Å². The molecule has 2 aromatic rings. The molecule has 0 bridgehead atoms. The molecule has 2 saturated carbocycles. The summed E-state index contributed by atoms with van der Waals surface area (Å²) in [5.41, 5.74) is 1.60. The van der Waals surface area contributed by atoms with E-state index in [1.807, 2.05) is 6.07 Å². The van der Waals surface area contributed by atoms with Crippen LogP contribution in [-0.4, -0.2) is 16.7 Å². The Hall–Kier alpha value is -2.76. The second-order valence-electron chi connectivity index (χ2n) is 7.40. The van der Waals surface area contributed by atoms with E-state index in [4.69, 9.17) is 9.47 Å². The van der Waals surface area contributed by atoms with Crippen molar-refractivity contribution < 1.29 is 14.3 Å². The molecule has 5 rings (SSSR count). The number of hydrogen-bond acceptors (Lipinski definition) is 4. The third-order valence-corrected chi connectivity index (χ3v) is 5.30. The summed E-state index contributed by atoms with van der Waals surface area (Å²) in [5, 5.41) is 2.85. The minimum absolute atomic E-state index is 0.242. The largest absolute Gasteiger partial charge is 0.448 e. The first-order valence-corrected chi connectivity index (χ1v) is 9.18. The smallest absolute Gasteiger partial charge is 0.255 e. The molecule has 1 aliphatic heterocycles. The number of ether oxygens (including phenoxy) is 2. The van der Waals surface area contributed by atoms with Gasteiger partial charge >= 0.3 is 0 Å². The van der Waals surface area contributed by atoms with E-state index in [1.165, 1.54) is 6.07 Å². The zero-order chi connectivity index (χ0) is 17.7. The number of amides is 1. The van der Waals surface area contributed by atoms with Crippen LogP contribution in [0.15, 0.2) is 35.1 Å². The first kappa shape index (κ1) is 15.5. The monoisotopic (exact) mass is 352 g/mol. The van der Waals surface area contributed by atoms with Crippen LogP contribution in [0.3, 0.4) is 0 Å². The van der Waals surface area contributed by atoms with Gasteiger partial charge < -0.3 is 19.8 Å². The highest BCUT2D eigenvalue weighted by molar-refractivity contribution is 6.04. The Balaban J connectivity index is 1.36. The number of nitrogens with one attached hydrogen (secondary N) is 2. The second kappa shape index (κ2) is 5.62. The van der Waals surface area contributed by atoms with Crippen molar-refractivity contribution >= 4 is 11.6 Å². The number of benzene rings is 1. The van der Waals surface area contributed by atoms with Gasteiger partial charge in [0.05, 0.1) is 0 Å². The lowest BCUT2D eigenvalue weighted by atomic mass is 10.1. The van der Waals surface area contributed by atoms with Gasteiger partial charge in [-0.15, -0.1) is 0 Å². The number of H-pyrrole nitrogens is 1. The molecule has 2 fully saturated rings. The van der Waals surface area contributed by atoms with Crippen molar-refractivity contribution in [3.63, 3.8) is 0 Å². The number of aromatic nitrogens is 1. The average Bonchev–Trinajstić information content (AvgIpc) is 3.28. The molecule has 1 aromatic heterocycles. The zero-order valence-electron chi connectivity index (χ0n) is 14.3. The molecule has 3 aliphatic rings. The first-order chi connectivity index (χ1) is 12.6. The molecule has 1 amide bonds. The van der Waals surface area contributed by atoms with Crippen LogP contribution in [-0.2, 0) is 0 Å². The SMILES string of the molecule is O=C(Nc1ccc2c(c1)OC1(CCCC1)O2)c1cc(C2CC2)[nH]c(=O)c1. The van der Waals surface area contributed by atoms with Crippen LogP contribution < -0.4 is 20.3 Å². The number of anilines is 1. The highest BCUT2D eigenvalue weighted by atomic mass is 16.7. The van der Waals surface area contributed by atoms with E-state index in [0.29, 0.717) is 22.9 Å². The van der Waals surface area contributed by atoms with Crippen molar-refractivity contribution in [1.82, 2.24) is 4.98 Å². The molecule has 0 radical (unpaired) electrons. The van der Waals surface area contributed by atoms with E-state index >= 15 is 0 Å². The Bertz CT molecular complexity index is 939. The number of rotatable bonds is 3. The van der Waals surface area contributed by atoms with Gasteiger partial charge in [-0.1, -0.05) is 0 Å². The highest BCUT2D eigenvalue weighted by Gasteiger charge is 2.44. The summed E-state index contributed by atoms with van der Waals surface area (Å²) in [5.74, 6) is 0.944. The van der Waals surface area contributed by atoms with Crippen molar-refractivity contribution in [2.45, 2.75) is 50.2 Å². The number of hydrogen-bond donors (Lipinski definition) is 2. The first-order valence-electron chi connectivity index (χ1n) is 9.18. The summed E-state index contributed by atoms with van der Waals surface area (Å²) in [7, 11) is 0. The van der Waals surface area contributed by atoms with Crippen LogP contribution in [0.2, 0.25) is 0 Å². The molecule has 1 spiro atoms. The maximum Gasteiger partial charge on any atom is 0.255 e. The topological polar surface area (TPSA) is 80.4 Å². The summed E-state index contributed by atoms with van der Waals surface area (Å²) < 4.78 is 12.0. The predicted octanol–water partition coefficient (Wildman–Crippen LogP) is 3.55. The molecular weight excluding hydrogens is 332 g/mol. The fourth-order valence-corrected chi connectivity index (χ4v) is 3.80. The van der Waals surface area contributed by atoms with E-state index in [2.05, 4.69) is 10.3 Å². The fraction of sp³-hybridized carbons (Fsp3) is 0.400. The lowest BCUT2D eigenvalue weighted by Gasteiger charge is -2.21. The second-order valence-corrected chi connectivity index (χ2v) is 7.40. The van der Waals surface area contributed by atoms with Gasteiger partial charge in [-0.3, -0.25) is 9.59 Å². The quantitative estimate of drug-likeness (QED) is 0.885. The van der Waals surface area contributed by atoms with Gasteiger partial charge in [0, 0.05) is 41.9 Å². The maximum atomic E-state index is 12.6. The molecule has 1 aromatic carbocycles. The molecule has 0 saturated heterocycles. The van der Waals surface area contributed by atoms with Gasteiger partial charge in [0.25, 0.3) is 11.7 Å². The molecule has 0 atom stereocenters. The summed E-state index contributed by atoms with van der Waals surface area (Å²) in [6.07, 6.45) is 6.10. The Morgan fingerprint density at radius 2 is 1.85 bits per heavy atom. The summed E-state index contributed by atoms with van der Waals surface area (Å²) in [6.45, 7) is 0. The van der Waals surface area contributed by atoms with Crippen LogP contribution in [0, 0.1) is 0 Å². The highest BCUT2D eigenvalue weighted by Crippen LogP contribution is 2.47. The molecule has 0 unspecified atom stereocenters. The minimum Gasteiger partial charge on any atom is -0.448 e. The predicted molar refractivity (Wildman–Crippen MR) is 95.9 cm³/mol. The standard InChI is InChI=1S/C20H20N2O4/c23-18-10-13(9-15(22-18)12-3-4-12)19(24)21-14-5-6-16-17(11-14)26-20(25-16)7-1-2-8-20/h5-6,9-12H,1-4,7-8H2,(H,21,24)(H,22,23). The van der Waals surface area contributed by atoms with Crippen molar-refractivity contribution in [2.24, 2.45) is 0 Å². The maximum absolute atomic E-state index is 12.6. The third kappa shape index (κ3) is 2.75. The van der Waals surface area contributed by atoms with Crippen molar-refractivity contribution in [1.29, 1.82) is 0 Å². The zero-order valence-corrected chi connectivity index (χ0v) is 14.3. The lowest BCUT2D eigenvalue weighted by molar-refractivity contribution is -0.0716. The molecule has 6 heteroatoms. The van der Waals surface area contributed by atoms with Gasteiger partial charge in [-0.05, 0) is 49.8 Å². The van der Waals surface area contributed by atoms with Crippen LogP contribution >= 0.6 is 0 Å². The summed E-state index contributed by atoms with van der Waals surface area (Å²) in [4.78, 5) is 27.2. The molecular formula is C20H20N2O4. The lowest BCUT2D eigenvalue weighted by Crippen LogP contribution is -2.34. The van der Waals surface area contributed by atoms with Gasteiger partial charge in [-0.25, -0.2) is 0 Å². The van der Waals surface area contributed by atoms with E-state index in [0.717, 1.165) is 50.0 Å². The Kier molecular flexibility index (Phi) is 3.35. The van der Waals surface area contributed by atoms with Crippen molar-refractivity contribution in [2.75, 3.05) is 5.32 Å². The molecule has 134 valence electrons. The van der Waals surface area contributed by atoms with E-state index in [9.17, 15) is 9.59 Å². The van der Waals surface area contributed by atoms with Crippen LogP contribution in [0.5, 0.6) is 11.5 Å². The minimum atomic E-state index is -0.517. The van der Waals surface area contributed by atoms with Gasteiger partial charge in [-0.2, -0.15) is 0 Å². The fourth-order valence-electron chi connectivity index (χ4n) is 3.80. The normalized spacial score (nSPS) is 19.7. The number of carbonyl (C=O) groups excluding carboxylic acids is 1. The Morgan fingerprint density at radius 1 is 1.08 bits per heavy atom. The third-order valence-electron chi connectivity index (χ3n) is 5.30.